The fraction of sp³-hybridized carbons (Fsp3) is 0.381. The molecular weight excluding hydrogens is 408 g/mol. The maximum absolute atomic E-state index is 13.0. The van der Waals surface area contributed by atoms with Gasteiger partial charge in [-0.1, -0.05) is 18.2 Å². The second kappa shape index (κ2) is 9.36. The number of ether oxygens (including phenoxy) is 3. The molecule has 0 unspecified atom stereocenters. The normalized spacial score (nSPS) is 15.0. The van der Waals surface area contributed by atoms with Crippen molar-refractivity contribution < 1.29 is 27.4 Å². The predicted octanol–water partition coefficient (Wildman–Crippen LogP) is 1.79. The summed E-state index contributed by atoms with van der Waals surface area (Å²) in [5, 5.41) is 0. The van der Waals surface area contributed by atoms with Gasteiger partial charge in [0.05, 0.1) is 32.6 Å². The van der Waals surface area contributed by atoms with Crippen molar-refractivity contribution in [3.63, 3.8) is 0 Å². The Morgan fingerprint density at radius 1 is 0.867 bits per heavy atom. The van der Waals surface area contributed by atoms with Crippen molar-refractivity contribution in [2.75, 3.05) is 47.5 Å². The molecule has 1 aliphatic rings. The van der Waals surface area contributed by atoms with Crippen molar-refractivity contribution in [3.8, 4) is 17.2 Å². The first-order chi connectivity index (χ1) is 14.4. The first-order valence-corrected chi connectivity index (χ1v) is 11.0. The van der Waals surface area contributed by atoms with Gasteiger partial charge in [-0.15, -0.1) is 0 Å². The summed E-state index contributed by atoms with van der Waals surface area (Å²) < 4.78 is 43.1. The summed E-state index contributed by atoms with van der Waals surface area (Å²) in [5.74, 6) is 1.43. The fourth-order valence-electron chi connectivity index (χ4n) is 3.43. The van der Waals surface area contributed by atoms with Gasteiger partial charge in [0, 0.05) is 37.8 Å². The molecule has 9 heteroatoms. The highest BCUT2D eigenvalue weighted by Gasteiger charge is 2.31. The van der Waals surface area contributed by atoms with Crippen LogP contribution in [0.25, 0.3) is 0 Å². The molecule has 0 aliphatic carbocycles. The average Bonchev–Trinajstić information content (AvgIpc) is 2.78. The van der Waals surface area contributed by atoms with Crippen LogP contribution in [0.3, 0.4) is 0 Å². The third-order valence-electron chi connectivity index (χ3n) is 5.12. The van der Waals surface area contributed by atoms with E-state index in [9.17, 15) is 13.2 Å². The van der Waals surface area contributed by atoms with Gasteiger partial charge in [-0.05, 0) is 18.2 Å². The molecule has 0 saturated carbocycles. The van der Waals surface area contributed by atoms with Crippen molar-refractivity contribution in [1.29, 1.82) is 0 Å². The van der Waals surface area contributed by atoms with Crippen LogP contribution in [0.15, 0.2) is 47.4 Å². The molecule has 3 rings (SSSR count). The van der Waals surface area contributed by atoms with Crippen LogP contribution in [0.5, 0.6) is 17.2 Å². The largest absolute Gasteiger partial charge is 0.496 e. The zero-order valence-corrected chi connectivity index (χ0v) is 18.1. The Bertz CT molecular complexity index is 1000. The first kappa shape index (κ1) is 21.9. The molecular formula is C21H26N2O6S. The van der Waals surface area contributed by atoms with E-state index >= 15 is 0 Å². The van der Waals surface area contributed by atoms with E-state index in [1.54, 1.807) is 18.1 Å². The molecule has 0 radical (unpaired) electrons. The molecule has 30 heavy (non-hydrogen) atoms. The molecule has 1 heterocycles. The number of hydrogen-bond acceptors (Lipinski definition) is 6. The zero-order valence-electron chi connectivity index (χ0n) is 17.3. The molecule has 8 nitrogen and oxygen atoms in total. The van der Waals surface area contributed by atoms with Gasteiger partial charge in [-0.3, -0.25) is 4.79 Å². The average molecular weight is 435 g/mol. The van der Waals surface area contributed by atoms with Crippen LogP contribution in [0.1, 0.15) is 5.56 Å². The van der Waals surface area contributed by atoms with Gasteiger partial charge in [-0.2, -0.15) is 4.31 Å². The van der Waals surface area contributed by atoms with Gasteiger partial charge in [0.2, 0.25) is 15.9 Å². The maximum Gasteiger partial charge on any atom is 0.243 e. The lowest BCUT2D eigenvalue weighted by atomic mass is 10.1. The molecule has 162 valence electrons. The van der Waals surface area contributed by atoms with E-state index < -0.39 is 10.0 Å². The molecule has 2 aromatic rings. The molecule has 1 fully saturated rings. The summed E-state index contributed by atoms with van der Waals surface area (Å²) >= 11 is 0. The van der Waals surface area contributed by atoms with Crippen molar-refractivity contribution in [2.24, 2.45) is 0 Å². The number of hydrogen-bond donors (Lipinski definition) is 0. The number of carbonyl (C=O) groups is 1. The van der Waals surface area contributed by atoms with E-state index in [2.05, 4.69) is 0 Å². The topological polar surface area (TPSA) is 85.4 Å². The number of rotatable bonds is 7. The molecule has 2 aromatic carbocycles. The van der Waals surface area contributed by atoms with Crippen molar-refractivity contribution in [3.05, 3.63) is 48.0 Å². The standard InChI is InChI=1S/C21H26N2O6S/c1-27-18-7-5-4-6-16(18)14-21(24)22-10-12-23(13-11-22)30(25,26)17-8-9-19(28-2)20(15-17)29-3/h4-9,15H,10-14H2,1-3H3. The molecule has 0 bridgehead atoms. The van der Waals surface area contributed by atoms with Gasteiger partial charge in [0.15, 0.2) is 11.5 Å². The van der Waals surface area contributed by atoms with Crippen molar-refractivity contribution >= 4 is 15.9 Å². The van der Waals surface area contributed by atoms with E-state index in [1.807, 2.05) is 24.3 Å². The van der Waals surface area contributed by atoms with Crippen LogP contribution in [0.4, 0.5) is 0 Å². The van der Waals surface area contributed by atoms with Crippen LogP contribution in [0, 0.1) is 0 Å². The van der Waals surface area contributed by atoms with Gasteiger partial charge < -0.3 is 19.1 Å². The second-order valence-electron chi connectivity index (χ2n) is 6.79. The second-order valence-corrected chi connectivity index (χ2v) is 8.73. The Morgan fingerprint density at radius 3 is 2.13 bits per heavy atom. The monoisotopic (exact) mass is 434 g/mol. The molecule has 0 aromatic heterocycles. The van der Waals surface area contributed by atoms with E-state index in [0.717, 1.165) is 5.56 Å². The first-order valence-electron chi connectivity index (χ1n) is 9.52. The van der Waals surface area contributed by atoms with E-state index in [0.29, 0.717) is 30.3 Å². The Kier molecular flexibility index (Phi) is 6.84. The van der Waals surface area contributed by atoms with Gasteiger partial charge in [0.1, 0.15) is 5.75 Å². The lowest BCUT2D eigenvalue weighted by Crippen LogP contribution is -2.50. The van der Waals surface area contributed by atoms with E-state index in [4.69, 9.17) is 14.2 Å². The number of carbonyl (C=O) groups excluding carboxylic acids is 1. The highest BCUT2D eigenvalue weighted by molar-refractivity contribution is 7.89. The van der Waals surface area contributed by atoms with Gasteiger partial charge in [-0.25, -0.2) is 8.42 Å². The minimum Gasteiger partial charge on any atom is -0.496 e. The summed E-state index contributed by atoms with van der Waals surface area (Å²) in [6.07, 6.45) is 0.215. The summed E-state index contributed by atoms with van der Waals surface area (Å²) in [6, 6.07) is 11.9. The number of nitrogens with zero attached hydrogens (tertiary/aromatic N) is 2. The Balaban J connectivity index is 1.66. The Hall–Kier alpha value is -2.78. The van der Waals surface area contributed by atoms with E-state index in [1.165, 1.54) is 30.7 Å². The van der Waals surface area contributed by atoms with Crippen LogP contribution >= 0.6 is 0 Å². The lowest BCUT2D eigenvalue weighted by Gasteiger charge is -2.34. The highest BCUT2D eigenvalue weighted by atomic mass is 32.2. The quantitative estimate of drug-likeness (QED) is 0.661. The van der Waals surface area contributed by atoms with Crippen LogP contribution in [-0.4, -0.2) is 71.0 Å². The molecule has 1 amide bonds. The number of methoxy groups -OCH3 is 3. The smallest absolute Gasteiger partial charge is 0.243 e. The summed E-state index contributed by atoms with van der Waals surface area (Å²) in [6.45, 7) is 1.13. The molecule has 1 saturated heterocycles. The Labute approximate surface area is 177 Å². The third kappa shape index (κ3) is 4.52. The predicted molar refractivity (Wildman–Crippen MR) is 112 cm³/mol. The number of amides is 1. The van der Waals surface area contributed by atoms with Crippen LogP contribution in [0.2, 0.25) is 0 Å². The number of para-hydroxylation sites is 1. The zero-order chi connectivity index (χ0) is 21.7. The minimum absolute atomic E-state index is 0.0531. The van der Waals surface area contributed by atoms with Gasteiger partial charge >= 0.3 is 0 Å². The van der Waals surface area contributed by atoms with Crippen LogP contribution < -0.4 is 14.2 Å². The van der Waals surface area contributed by atoms with Crippen molar-refractivity contribution in [2.45, 2.75) is 11.3 Å². The summed E-state index contributed by atoms with van der Waals surface area (Å²) in [4.78, 5) is 14.5. The fourth-order valence-corrected chi connectivity index (χ4v) is 4.87. The minimum atomic E-state index is -3.70. The number of benzene rings is 2. The van der Waals surface area contributed by atoms with Gasteiger partial charge in [0.25, 0.3) is 0 Å². The maximum atomic E-state index is 13.0. The van der Waals surface area contributed by atoms with Crippen molar-refractivity contribution in [1.82, 2.24) is 9.21 Å². The molecule has 1 aliphatic heterocycles. The van der Waals surface area contributed by atoms with E-state index in [-0.39, 0.29) is 30.3 Å². The number of piperazine rings is 1. The molecule has 0 spiro atoms. The molecule has 0 N–H and O–H groups in total. The summed E-state index contributed by atoms with van der Waals surface area (Å²) in [5.41, 5.74) is 0.811. The third-order valence-corrected chi connectivity index (χ3v) is 7.01. The highest BCUT2D eigenvalue weighted by Crippen LogP contribution is 2.31. The Morgan fingerprint density at radius 2 is 1.50 bits per heavy atom. The lowest BCUT2D eigenvalue weighted by molar-refractivity contribution is -0.131. The SMILES string of the molecule is COc1ccccc1CC(=O)N1CCN(S(=O)(=O)c2ccc(OC)c(OC)c2)CC1. The number of sulfonamides is 1. The molecule has 0 atom stereocenters. The summed E-state index contributed by atoms with van der Waals surface area (Å²) in [7, 11) is 0.824. The van der Waals surface area contributed by atoms with Crippen LogP contribution in [-0.2, 0) is 21.2 Å².